The molecule has 0 bridgehead atoms. The Balaban J connectivity index is 1.47. The standard InChI is InChI=1S/C28H27N5O2/c1-19(2)33-18-30-26(31-33)24-17-32(28(35)21-11-7-4-8-12-21)25-14-13-22(15-23(24)25)27(34)29-16-20-9-5-3-6-10-20/h3-15,18-19,24H,16-17H2,1-2H3,(H,29,34)/t24-/m0/s1. The molecule has 0 radical (unpaired) electrons. The third-order valence-electron chi connectivity index (χ3n) is 6.25. The summed E-state index contributed by atoms with van der Waals surface area (Å²) in [6.07, 6.45) is 1.72. The topological polar surface area (TPSA) is 80.1 Å². The zero-order valence-corrected chi connectivity index (χ0v) is 19.8. The van der Waals surface area contributed by atoms with Gasteiger partial charge in [0.05, 0.1) is 5.92 Å². The Kier molecular flexibility index (Phi) is 6.14. The highest BCUT2D eigenvalue weighted by Gasteiger charge is 2.36. The third-order valence-corrected chi connectivity index (χ3v) is 6.25. The molecule has 2 heterocycles. The molecule has 5 rings (SSSR count). The second-order valence-electron chi connectivity index (χ2n) is 8.95. The first-order valence-corrected chi connectivity index (χ1v) is 11.8. The van der Waals surface area contributed by atoms with Gasteiger partial charge in [-0.1, -0.05) is 48.5 Å². The van der Waals surface area contributed by atoms with Crippen molar-refractivity contribution in [1.82, 2.24) is 20.1 Å². The van der Waals surface area contributed by atoms with Crippen molar-refractivity contribution in [3.63, 3.8) is 0 Å². The summed E-state index contributed by atoms with van der Waals surface area (Å²) >= 11 is 0. The van der Waals surface area contributed by atoms with E-state index >= 15 is 0 Å². The van der Waals surface area contributed by atoms with E-state index in [9.17, 15) is 9.59 Å². The summed E-state index contributed by atoms with van der Waals surface area (Å²) in [6, 6.07) is 24.7. The molecule has 1 aliphatic rings. The zero-order chi connectivity index (χ0) is 24.4. The van der Waals surface area contributed by atoms with E-state index in [2.05, 4.69) is 15.4 Å². The Bertz CT molecular complexity index is 1350. The number of amides is 2. The van der Waals surface area contributed by atoms with Gasteiger partial charge in [-0.05, 0) is 55.3 Å². The molecule has 1 aliphatic heterocycles. The monoisotopic (exact) mass is 465 g/mol. The van der Waals surface area contributed by atoms with Crippen LogP contribution in [0.2, 0.25) is 0 Å². The molecule has 7 nitrogen and oxygen atoms in total. The van der Waals surface area contributed by atoms with Crippen molar-refractivity contribution in [3.8, 4) is 0 Å². The number of anilines is 1. The number of nitrogens with zero attached hydrogens (tertiary/aromatic N) is 4. The lowest BCUT2D eigenvalue weighted by Gasteiger charge is -2.18. The summed E-state index contributed by atoms with van der Waals surface area (Å²) in [5, 5.41) is 7.66. The highest BCUT2D eigenvalue weighted by Crippen LogP contribution is 2.40. The van der Waals surface area contributed by atoms with Crippen molar-refractivity contribution in [2.75, 3.05) is 11.4 Å². The van der Waals surface area contributed by atoms with Crippen LogP contribution in [0.5, 0.6) is 0 Å². The van der Waals surface area contributed by atoms with Crippen LogP contribution in [-0.2, 0) is 6.54 Å². The Morgan fingerprint density at radius 1 is 0.971 bits per heavy atom. The molecular weight excluding hydrogens is 438 g/mol. The fraction of sp³-hybridized carbons (Fsp3) is 0.214. The third kappa shape index (κ3) is 4.57. The maximum Gasteiger partial charge on any atom is 0.258 e. The highest BCUT2D eigenvalue weighted by atomic mass is 16.2. The average Bonchev–Trinajstić information content (AvgIpc) is 3.53. The Morgan fingerprint density at radius 3 is 2.37 bits per heavy atom. The molecule has 1 atom stereocenters. The van der Waals surface area contributed by atoms with Crippen LogP contribution in [0.1, 0.15) is 63.5 Å². The number of rotatable bonds is 6. The zero-order valence-electron chi connectivity index (χ0n) is 19.8. The molecule has 0 saturated heterocycles. The molecular formula is C28H27N5O2. The van der Waals surface area contributed by atoms with Crippen molar-refractivity contribution in [1.29, 1.82) is 0 Å². The van der Waals surface area contributed by atoms with Gasteiger partial charge in [0.25, 0.3) is 11.8 Å². The van der Waals surface area contributed by atoms with Gasteiger partial charge < -0.3 is 10.2 Å². The van der Waals surface area contributed by atoms with Gasteiger partial charge in [-0.25, -0.2) is 4.98 Å². The van der Waals surface area contributed by atoms with Crippen LogP contribution in [0.3, 0.4) is 0 Å². The molecule has 1 N–H and O–H groups in total. The smallest absolute Gasteiger partial charge is 0.258 e. The second-order valence-corrected chi connectivity index (χ2v) is 8.95. The molecule has 3 aromatic carbocycles. The predicted molar refractivity (Wildman–Crippen MR) is 134 cm³/mol. The van der Waals surface area contributed by atoms with Crippen LogP contribution in [0, 0.1) is 0 Å². The van der Waals surface area contributed by atoms with Crippen molar-refractivity contribution in [2.24, 2.45) is 0 Å². The lowest BCUT2D eigenvalue weighted by atomic mass is 9.98. The van der Waals surface area contributed by atoms with E-state index in [-0.39, 0.29) is 23.8 Å². The van der Waals surface area contributed by atoms with Crippen LogP contribution in [0.4, 0.5) is 5.69 Å². The van der Waals surface area contributed by atoms with Crippen molar-refractivity contribution < 1.29 is 9.59 Å². The number of carbonyl (C=O) groups is 2. The number of aromatic nitrogens is 3. The number of hydrogen-bond acceptors (Lipinski definition) is 4. The van der Waals surface area contributed by atoms with Gasteiger partial charge in [-0.3, -0.25) is 14.3 Å². The van der Waals surface area contributed by atoms with Gasteiger partial charge in [0, 0.05) is 35.9 Å². The van der Waals surface area contributed by atoms with E-state index < -0.39 is 0 Å². The summed E-state index contributed by atoms with van der Waals surface area (Å²) in [6.45, 7) is 4.95. The minimum atomic E-state index is -0.223. The van der Waals surface area contributed by atoms with Crippen LogP contribution >= 0.6 is 0 Å². The van der Waals surface area contributed by atoms with E-state index in [4.69, 9.17) is 0 Å². The minimum absolute atomic E-state index is 0.0843. The SMILES string of the molecule is CC(C)n1cnc([C@H]2CN(C(=O)c3ccccc3)c3ccc(C(=O)NCc4ccccc4)cc32)n1. The number of carbonyl (C=O) groups excluding carboxylic acids is 2. The molecule has 0 spiro atoms. The first kappa shape index (κ1) is 22.5. The molecule has 0 saturated carbocycles. The Morgan fingerprint density at radius 2 is 1.69 bits per heavy atom. The summed E-state index contributed by atoms with van der Waals surface area (Å²) in [5.74, 6) is 0.174. The lowest BCUT2D eigenvalue weighted by molar-refractivity contribution is 0.0949. The molecule has 35 heavy (non-hydrogen) atoms. The van der Waals surface area contributed by atoms with Crippen LogP contribution < -0.4 is 10.2 Å². The molecule has 0 fully saturated rings. The molecule has 2 amide bonds. The van der Waals surface area contributed by atoms with Gasteiger partial charge in [-0.2, -0.15) is 5.10 Å². The van der Waals surface area contributed by atoms with E-state index in [1.54, 1.807) is 17.3 Å². The minimum Gasteiger partial charge on any atom is -0.348 e. The summed E-state index contributed by atoms with van der Waals surface area (Å²) in [4.78, 5) is 32.7. The maximum absolute atomic E-state index is 13.4. The number of benzene rings is 3. The Labute approximate surface area is 204 Å². The van der Waals surface area contributed by atoms with Gasteiger partial charge in [0.2, 0.25) is 0 Å². The largest absolute Gasteiger partial charge is 0.348 e. The molecule has 4 aromatic rings. The fourth-order valence-electron chi connectivity index (χ4n) is 4.33. The van der Waals surface area contributed by atoms with Crippen LogP contribution in [-0.4, -0.2) is 33.1 Å². The van der Waals surface area contributed by atoms with Gasteiger partial charge in [0.15, 0.2) is 5.82 Å². The molecule has 1 aromatic heterocycles. The van der Waals surface area contributed by atoms with E-state index in [1.807, 2.05) is 91.3 Å². The maximum atomic E-state index is 13.4. The molecule has 0 unspecified atom stereocenters. The quantitative estimate of drug-likeness (QED) is 0.452. The van der Waals surface area contributed by atoms with Gasteiger partial charge in [0.1, 0.15) is 6.33 Å². The molecule has 7 heteroatoms. The summed E-state index contributed by atoms with van der Waals surface area (Å²) in [7, 11) is 0. The first-order chi connectivity index (χ1) is 17.0. The van der Waals surface area contributed by atoms with Crippen molar-refractivity contribution in [3.05, 3.63) is 113 Å². The first-order valence-electron chi connectivity index (χ1n) is 11.8. The number of hydrogen-bond donors (Lipinski definition) is 1. The fourth-order valence-corrected chi connectivity index (χ4v) is 4.33. The second kappa shape index (κ2) is 9.54. The van der Waals surface area contributed by atoms with Gasteiger partial charge in [-0.15, -0.1) is 0 Å². The average molecular weight is 466 g/mol. The predicted octanol–water partition coefficient (Wildman–Crippen LogP) is 4.58. The number of nitrogens with one attached hydrogen (secondary N) is 1. The molecule has 176 valence electrons. The van der Waals surface area contributed by atoms with Crippen molar-refractivity contribution >= 4 is 17.5 Å². The number of fused-ring (bicyclic) bond motifs is 1. The van der Waals surface area contributed by atoms with E-state index in [0.717, 1.165) is 16.8 Å². The Hall–Kier alpha value is -4.26. The summed E-state index contributed by atoms with van der Waals surface area (Å²) < 4.78 is 1.81. The summed E-state index contributed by atoms with van der Waals surface area (Å²) in [5.41, 5.74) is 3.85. The molecule has 0 aliphatic carbocycles. The highest BCUT2D eigenvalue weighted by molar-refractivity contribution is 6.08. The van der Waals surface area contributed by atoms with Crippen molar-refractivity contribution in [2.45, 2.75) is 32.4 Å². The van der Waals surface area contributed by atoms with Crippen LogP contribution in [0.15, 0.2) is 85.2 Å². The van der Waals surface area contributed by atoms with E-state index in [0.29, 0.717) is 30.0 Å². The van der Waals surface area contributed by atoms with E-state index in [1.165, 1.54) is 0 Å². The normalized spacial score (nSPS) is 14.7. The van der Waals surface area contributed by atoms with Crippen LogP contribution in [0.25, 0.3) is 0 Å². The lowest BCUT2D eigenvalue weighted by Crippen LogP contribution is -2.30. The van der Waals surface area contributed by atoms with Gasteiger partial charge >= 0.3 is 0 Å².